The first-order valence-electron chi connectivity index (χ1n) is 10.0. The van der Waals surface area contributed by atoms with Gasteiger partial charge in [-0.2, -0.15) is 5.10 Å². The largest absolute Gasteiger partial charge is 0.290 e. The van der Waals surface area contributed by atoms with Gasteiger partial charge in [-0.15, -0.1) is 0 Å². The molecule has 160 valence electrons. The van der Waals surface area contributed by atoms with Crippen molar-refractivity contribution in [2.24, 2.45) is 0 Å². The minimum Gasteiger partial charge on any atom is -0.267 e. The summed E-state index contributed by atoms with van der Waals surface area (Å²) in [5, 5.41) is 7.46. The minimum atomic E-state index is -0.667. The molecular weight excluding hydrogens is 420 g/mol. The fraction of sp³-hybridized carbons (Fsp3) is 0. The van der Waals surface area contributed by atoms with Gasteiger partial charge < -0.3 is 0 Å². The molecule has 9 nitrogen and oxygen atoms in total. The monoisotopic (exact) mass is 436 g/mol. The molecule has 0 aliphatic rings. The van der Waals surface area contributed by atoms with E-state index < -0.39 is 17.4 Å². The van der Waals surface area contributed by atoms with Gasteiger partial charge in [0.2, 0.25) is 0 Å². The van der Waals surface area contributed by atoms with E-state index in [1.165, 1.54) is 0 Å². The molecule has 0 atom stereocenters. The SMILES string of the molecule is O=C(NNC(=O)c1n[nH]c(=O)c2ccccc12)c1cc(-c2ccccn2)nc2ccccc12. The van der Waals surface area contributed by atoms with Crippen LogP contribution >= 0.6 is 0 Å². The number of H-pyrrole nitrogens is 1. The number of nitrogens with zero attached hydrogens (tertiary/aromatic N) is 3. The fourth-order valence-electron chi connectivity index (χ4n) is 3.54. The molecular formula is C24H16N6O3. The van der Waals surface area contributed by atoms with Crippen molar-refractivity contribution in [1.82, 2.24) is 31.0 Å². The predicted octanol–water partition coefficient (Wildman–Crippen LogP) is 2.61. The number of hydrogen-bond donors (Lipinski definition) is 3. The van der Waals surface area contributed by atoms with Gasteiger partial charge in [0.1, 0.15) is 0 Å². The van der Waals surface area contributed by atoms with Crippen molar-refractivity contribution in [1.29, 1.82) is 0 Å². The molecule has 0 saturated carbocycles. The first-order chi connectivity index (χ1) is 16.1. The number of hydrazine groups is 1. The van der Waals surface area contributed by atoms with Crippen LogP contribution in [-0.4, -0.2) is 32.0 Å². The van der Waals surface area contributed by atoms with Crippen LogP contribution in [0.2, 0.25) is 0 Å². The lowest BCUT2D eigenvalue weighted by Crippen LogP contribution is -2.42. The van der Waals surface area contributed by atoms with Gasteiger partial charge in [0.25, 0.3) is 17.4 Å². The average molecular weight is 436 g/mol. The van der Waals surface area contributed by atoms with E-state index in [4.69, 9.17) is 0 Å². The van der Waals surface area contributed by atoms with Crippen LogP contribution < -0.4 is 16.4 Å². The van der Waals surface area contributed by atoms with E-state index in [9.17, 15) is 14.4 Å². The van der Waals surface area contributed by atoms with E-state index in [1.807, 2.05) is 12.1 Å². The predicted molar refractivity (Wildman–Crippen MR) is 122 cm³/mol. The third-order valence-corrected chi connectivity index (χ3v) is 5.09. The Kier molecular flexibility index (Phi) is 5.04. The van der Waals surface area contributed by atoms with Crippen molar-refractivity contribution in [3.05, 3.63) is 101 Å². The maximum Gasteiger partial charge on any atom is 0.290 e. The number of pyridine rings is 2. The molecule has 3 aromatic heterocycles. The van der Waals surface area contributed by atoms with Crippen LogP contribution in [0.4, 0.5) is 0 Å². The van der Waals surface area contributed by atoms with E-state index in [-0.39, 0.29) is 5.69 Å². The summed E-state index contributed by atoms with van der Waals surface area (Å²) in [7, 11) is 0. The number of rotatable bonds is 3. The van der Waals surface area contributed by atoms with E-state index in [0.717, 1.165) is 0 Å². The summed E-state index contributed by atoms with van der Waals surface area (Å²) < 4.78 is 0. The standard InChI is InChI=1S/C24H16N6O3/c31-22-16-9-2-1-8-15(16)21(27-28-22)24(33)30-29-23(32)17-13-20(19-11-5-6-12-25-19)26-18-10-4-3-7-14(17)18/h1-13H,(H,28,31)(H,29,32)(H,30,33). The molecule has 9 heteroatoms. The van der Waals surface area contributed by atoms with E-state index in [1.54, 1.807) is 66.9 Å². The number of amides is 2. The molecule has 33 heavy (non-hydrogen) atoms. The van der Waals surface area contributed by atoms with Gasteiger partial charge >= 0.3 is 0 Å². The molecule has 0 spiro atoms. The number of fused-ring (bicyclic) bond motifs is 2. The lowest BCUT2D eigenvalue weighted by Gasteiger charge is -2.11. The first kappa shape index (κ1) is 20.0. The van der Waals surface area contributed by atoms with Gasteiger partial charge in [0, 0.05) is 17.0 Å². The second kappa shape index (κ2) is 8.31. The summed E-state index contributed by atoms with van der Waals surface area (Å²) in [5.41, 5.74) is 6.46. The Morgan fingerprint density at radius 1 is 0.758 bits per heavy atom. The summed E-state index contributed by atoms with van der Waals surface area (Å²) in [6, 6.07) is 20.8. The number of carbonyl (C=O) groups is 2. The van der Waals surface area contributed by atoms with Crippen LogP contribution in [-0.2, 0) is 0 Å². The molecule has 2 amide bonds. The molecule has 0 fully saturated rings. The zero-order valence-electron chi connectivity index (χ0n) is 17.1. The molecule has 5 aromatic rings. The molecule has 0 saturated heterocycles. The van der Waals surface area contributed by atoms with Crippen LogP contribution in [0.15, 0.2) is 83.8 Å². The Morgan fingerprint density at radius 2 is 1.45 bits per heavy atom. The van der Waals surface area contributed by atoms with Crippen LogP contribution in [0, 0.1) is 0 Å². The van der Waals surface area contributed by atoms with Gasteiger partial charge in [-0.3, -0.25) is 30.2 Å². The minimum absolute atomic E-state index is 0.0146. The Balaban J connectivity index is 1.46. The number of carbonyl (C=O) groups excluding carboxylic acids is 2. The molecule has 5 rings (SSSR count). The molecule has 3 N–H and O–H groups in total. The number of aromatic amines is 1. The second-order valence-electron chi connectivity index (χ2n) is 7.14. The van der Waals surface area contributed by atoms with E-state index in [0.29, 0.717) is 38.6 Å². The first-order valence-corrected chi connectivity index (χ1v) is 10.0. The number of nitrogens with one attached hydrogen (secondary N) is 3. The summed E-state index contributed by atoms with van der Waals surface area (Å²) in [6.07, 6.45) is 1.65. The number of aromatic nitrogens is 4. The molecule has 0 aliphatic carbocycles. The maximum atomic E-state index is 13.0. The zero-order valence-corrected chi connectivity index (χ0v) is 17.1. The van der Waals surface area contributed by atoms with Gasteiger partial charge in [-0.05, 0) is 30.3 Å². The number of hydrogen-bond acceptors (Lipinski definition) is 6. The fourth-order valence-corrected chi connectivity index (χ4v) is 3.54. The highest BCUT2D eigenvalue weighted by Crippen LogP contribution is 2.23. The molecule has 0 radical (unpaired) electrons. The van der Waals surface area contributed by atoms with Gasteiger partial charge in [-0.25, -0.2) is 10.1 Å². The molecule has 0 bridgehead atoms. The highest BCUT2D eigenvalue weighted by molar-refractivity contribution is 6.09. The summed E-state index contributed by atoms with van der Waals surface area (Å²) in [6.45, 7) is 0. The summed E-state index contributed by atoms with van der Waals surface area (Å²) in [4.78, 5) is 46.6. The lowest BCUT2D eigenvalue weighted by atomic mass is 10.1. The molecule has 0 unspecified atom stereocenters. The average Bonchev–Trinajstić information content (AvgIpc) is 2.87. The normalized spacial score (nSPS) is 10.8. The molecule has 3 heterocycles. The van der Waals surface area contributed by atoms with Crippen molar-refractivity contribution in [3.63, 3.8) is 0 Å². The van der Waals surface area contributed by atoms with Crippen LogP contribution in [0.5, 0.6) is 0 Å². The highest BCUT2D eigenvalue weighted by Gasteiger charge is 2.18. The Labute approximate surface area is 186 Å². The third kappa shape index (κ3) is 3.79. The van der Waals surface area contributed by atoms with Crippen LogP contribution in [0.25, 0.3) is 33.1 Å². The molecule has 0 aliphatic heterocycles. The van der Waals surface area contributed by atoms with Crippen molar-refractivity contribution < 1.29 is 9.59 Å². The number of para-hydroxylation sites is 1. The van der Waals surface area contributed by atoms with Crippen molar-refractivity contribution in [2.45, 2.75) is 0 Å². The van der Waals surface area contributed by atoms with Crippen molar-refractivity contribution >= 4 is 33.5 Å². The van der Waals surface area contributed by atoms with Gasteiger partial charge in [0.15, 0.2) is 5.69 Å². The quantitative estimate of drug-likeness (QED) is 0.373. The smallest absolute Gasteiger partial charge is 0.267 e. The van der Waals surface area contributed by atoms with Crippen molar-refractivity contribution in [3.8, 4) is 11.4 Å². The Bertz CT molecular complexity index is 1580. The Morgan fingerprint density at radius 3 is 2.24 bits per heavy atom. The zero-order chi connectivity index (χ0) is 22.8. The van der Waals surface area contributed by atoms with E-state index >= 15 is 0 Å². The maximum absolute atomic E-state index is 13.0. The van der Waals surface area contributed by atoms with E-state index in [2.05, 4.69) is 31.0 Å². The second-order valence-corrected chi connectivity index (χ2v) is 7.14. The summed E-state index contributed by atoms with van der Waals surface area (Å²) >= 11 is 0. The van der Waals surface area contributed by atoms with Crippen LogP contribution in [0.3, 0.4) is 0 Å². The summed E-state index contributed by atoms with van der Waals surface area (Å²) in [5.74, 6) is -1.20. The third-order valence-electron chi connectivity index (χ3n) is 5.09. The van der Waals surface area contributed by atoms with Crippen molar-refractivity contribution in [2.75, 3.05) is 0 Å². The highest BCUT2D eigenvalue weighted by atomic mass is 16.2. The number of benzene rings is 2. The lowest BCUT2D eigenvalue weighted by molar-refractivity contribution is 0.0845. The Hall–Kier alpha value is -4.92. The van der Waals surface area contributed by atoms with Gasteiger partial charge in [0.05, 0.1) is 27.9 Å². The van der Waals surface area contributed by atoms with Crippen LogP contribution in [0.1, 0.15) is 20.8 Å². The van der Waals surface area contributed by atoms with Gasteiger partial charge in [-0.1, -0.05) is 42.5 Å². The topological polar surface area (TPSA) is 130 Å². The molecule has 2 aromatic carbocycles.